The maximum Gasteiger partial charge on any atom is 0.472 e. The fourth-order valence-electron chi connectivity index (χ4n) is 5.73. The number of unbranched alkanes of at least 4 members (excludes halogenated alkanes) is 24. The molecule has 8 nitrogen and oxygen atoms in total. The van der Waals surface area contributed by atoms with Gasteiger partial charge in [0, 0.05) is 13.0 Å². The van der Waals surface area contributed by atoms with E-state index in [0.717, 1.165) is 32.1 Å². The first kappa shape index (κ1) is 47.5. The van der Waals surface area contributed by atoms with Crippen molar-refractivity contribution in [3.05, 3.63) is 0 Å². The van der Waals surface area contributed by atoms with Crippen LogP contribution in [0, 0.1) is 0 Å². The first-order valence-corrected chi connectivity index (χ1v) is 21.8. The molecule has 0 radical (unpaired) electrons. The normalized spacial score (nSPS) is 13.9. The number of phosphoric acid groups is 1. The van der Waals surface area contributed by atoms with E-state index in [0.29, 0.717) is 24.1 Å². The molecule has 288 valence electrons. The lowest BCUT2D eigenvalue weighted by atomic mass is 10.0. The third-order valence-electron chi connectivity index (χ3n) is 8.92. The number of esters is 1. The summed E-state index contributed by atoms with van der Waals surface area (Å²) in [5, 5.41) is 0. The zero-order valence-electron chi connectivity index (χ0n) is 32.5. The molecule has 0 fully saturated rings. The van der Waals surface area contributed by atoms with Crippen molar-refractivity contribution in [2.24, 2.45) is 0 Å². The Kier molecular flexibility index (Phi) is 33.3. The van der Waals surface area contributed by atoms with E-state index in [1.165, 1.54) is 135 Å². The molecule has 0 spiro atoms. The molecule has 1 unspecified atom stereocenters. The van der Waals surface area contributed by atoms with Gasteiger partial charge in [0.2, 0.25) is 0 Å². The highest BCUT2D eigenvalue weighted by atomic mass is 31.2. The minimum absolute atomic E-state index is 0.0936. The van der Waals surface area contributed by atoms with Crippen molar-refractivity contribution in [3.63, 3.8) is 0 Å². The first-order chi connectivity index (χ1) is 23.1. The van der Waals surface area contributed by atoms with Crippen LogP contribution in [0.15, 0.2) is 0 Å². The van der Waals surface area contributed by atoms with E-state index >= 15 is 0 Å². The van der Waals surface area contributed by atoms with Gasteiger partial charge in [-0.2, -0.15) is 0 Å². The van der Waals surface area contributed by atoms with E-state index in [1.807, 2.05) is 21.1 Å². The highest BCUT2D eigenvalue weighted by molar-refractivity contribution is 7.47. The number of hydrogen-bond donors (Lipinski definition) is 1. The van der Waals surface area contributed by atoms with Gasteiger partial charge in [0.25, 0.3) is 0 Å². The molecule has 0 aliphatic rings. The summed E-state index contributed by atoms with van der Waals surface area (Å²) in [4.78, 5) is 22.8. The Labute approximate surface area is 298 Å². The van der Waals surface area contributed by atoms with Gasteiger partial charge in [-0.15, -0.1) is 0 Å². The van der Waals surface area contributed by atoms with Crippen LogP contribution in [-0.4, -0.2) is 75.6 Å². The number of phosphoric ester groups is 1. The SMILES string of the molecule is CCCCCCCCCCCCCCCCC(=O)O[C@H](COCCCCCCCCCCCCCC)COP(=O)(O)OCC[N+](C)(C)C. The average molecular weight is 707 g/mol. The number of carbonyl (C=O) groups is 1. The molecule has 0 aliphatic heterocycles. The monoisotopic (exact) mass is 707 g/mol. The quantitative estimate of drug-likeness (QED) is 0.0296. The van der Waals surface area contributed by atoms with E-state index in [-0.39, 0.29) is 25.8 Å². The van der Waals surface area contributed by atoms with Crippen molar-refractivity contribution in [1.82, 2.24) is 0 Å². The molecule has 48 heavy (non-hydrogen) atoms. The fraction of sp³-hybridized carbons (Fsp3) is 0.974. The standard InChI is InChI=1S/C39H80NO7P/c1-6-8-10-12-14-16-18-20-21-22-24-26-28-30-32-39(41)47-38(37-46-48(42,43)45-35-33-40(3,4)5)36-44-34-31-29-27-25-23-19-17-15-13-11-9-7-2/h38H,6-37H2,1-5H3/p+1/t38-/m1/s1. The maximum atomic E-state index is 12.6. The third-order valence-corrected chi connectivity index (χ3v) is 9.90. The van der Waals surface area contributed by atoms with E-state index < -0.39 is 13.9 Å². The van der Waals surface area contributed by atoms with Crippen LogP contribution in [0.4, 0.5) is 0 Å². The molecule has 0 aromatic rings. The predicted octanol–water partition coefficient (Wildman–Crippen LogP) is 11.3. The maximum absolute atomic E-state index is 12.6. The molecule has 0 bridgehead atoms. The van der Waals surface area contributed by atoms with Crippen molar-refractivity contribution in [2.45, 2.75) is 193 Å². The molecular formula is C39H81NO7P+. The van der Waals surface area contributed by atoms with Crippen LogP contribution in [0.2, 0.25) is 0 Å². The molecule has 0 amide bonds. The number of quaternary nitrogens is 1. The Balaban J connectivity index is 4.24. The van der Waals surface area contributed by atoms with E-state index in [1.54, 1.807) is 0 Å². The van der Waals surface area contributed by atoms with Crippen LogP contribution in [0.3, 0.4) is 0 Å². The van der Waals surface area contributed by atoms with Crippen molar-refractivity contribution < 1.29 is 37.3 Å². The summed E-state index contributed by atoms with van der Waals surface area (Å²) in [6.07, 6.45) is 32.6. The number of likely N-dealkylation sites (N-methyl/N-ethyl adjacent to an activating group) is 1. The van der Waals surface area contributed by atoms with E-state index in [4.69, 9.17) is 18.5 Å². The van der Waals surface area contributed by atoms with Gasteiger partial charge >= 0.3 is 13.8 Å². The van der Waals surface area contributed by atoms with E-state index in [2.05, 4.69) is 13.8 Å². The third kappa shape index (κ3) is 36.8. The van der Waals surface area contributed by atoms with Gasteiger partial charge < -0.3 is 18.9 Å². The molecule has 9 heteroatoms. The molecule has 0 saturated heterocycles. The summed E-state index contributed by atoms with van der Waals surface area (Å²) < 4.78 is 34.9. The summed E-state index contributed by atoms with van der Waals surface area (Å²) >= 11 is 0. The zero-order chi connectivity index (χ0) is 35.6. The topological polar surface area (TPSA) is 91.3 Å². The minimum Gasteiger partial charge on any atom is -0.457 e. The van der Waals surface area contributed by atoms with Gasteiger partial charge in [-0.05, 0) is 12.8 Å². The van der Waals surface area contributed by atoms with Gasteiger partial charge in [0.15, 0.2) is 0 Å². The number of ether oxygens (including phenoxy) is 2. The highest BCUT2D eigenvalue weighted by Crippen LogP contribution is 2.43. The molecule has 0 aromatic carbocycles. The summed E-state index contributed by atoms with van der Waals surface area (Å²) in [5.41, 5.74) is 0. The summed E-state index contributed by atoms with van der Waals surface area (Å²) in [7, 11) is 1.68. The Morgan fingerprint density at radius 3 is 1.38 bits per heavy atom. The molecular weight excluding hydrogens is 625 g/mol. The molecule has 2 atom stereocenters. The van der Waals surface area contributed by atoms with Gasteiger partial charge in [-0.1, -0.05) is 168 Å². The van der Waals surface area contributed by atoms with Crippen LogP contribution in [0.5, 0.6) is 0 Å². The number of nitrogens with zero attached hydrogens (tertiary/aromatic N) is 1. The Morgan fingerprint density at radius 2 is 0.958 bits per heavy atom. The van der Waals surface area contributed by atoms with Gasteiger partial charge in [-0.3, -0.25) is 13.8 Å². The Hall–Kier alpha value is -0.500. The highest BCUT2D eigenvalue weighted by Gasteiger charge is 2.26. The lowest BCUT2D eigenvalue weighted by molar-refractivity contribution is -0.870. The lowest BCUT2D eigenvalue weighted by Gasteiger charge is -2.24. The zero-order valence-corrected chi connectivity index (χ0v) is 33.4. The summed E-state index contributed by atoms with van der Waals surface area (Å²) in [5.74, 6) is -0.310. The van der Waals surface area contributed by atoms with Gasteiger partial charge in [0.1, 0.15) is 19.3 Å². The van der Waals surface area contributed by atoms with Crippen LogP contribution in [0.1, 0.15) is 187 Å². The molecule has 1 N–H and O–H groups in total. The number of hydrogen-bond acceptors (Lipinski definition) is 6. The molecule has 0 heterocycles. The second kappa shape index (κ2) is 33.6. The lowest BCUT2D eigenvalue weighted by Crippen LogP contribution is -2.37. The largest absolute Gasteiger partial charge is 0.472 e. The number of carbonyl (C=O) groups excluding carboxylic acids is 1. The van der Waals surface area contributed by atoms with Gasteiger partial charge in [0.05, 0.1) is 34.4 Å². The molecule has 0 rings (SSSR count). The van der Waals surface area contributed by atoms with Crippen LogP contribution >= 0.6 is 7.82 Å². The smallest absolute Gasteiger partial charge is 0.457 e. The summed E-state index contributed by atoms with van der Waals surface area (Å²) in [6.45, 7) is 5.66. The van der Waals surface area contributed by atoms with Crippen molar-refractivity contribution in [3.8, 4) is 0 Å². The summed E-state index contributed by atoms with van der Waals surface area (Å²) in [6, 6.07) is 0. The second-order valence-corrected chi connectivity index (χ2v) is 16.5. The minimum atomic E-state index is -4.26. The first-order valence-electron chi connectivity index (χ1n) is 20.3. The van der Waals surface area contributed by atoms with Crippen molar-refractivity contribution in [1.29, 1.82) is 0 Å². The predicted molar refractivity (Wildman–Crippen MR) is 201 cm³/mol. The fourth-order valence-corrected chi connectivity index (χ4v) is 6.47. The molecule has 0 saturated carbocycles. The van der Waals surface area contributed by atoms with Gasteiger partial charge in [-0.25, -0.2) is 4.57 Å². The average Bonchev–Trinajstić information content (AvgIpc) is 3.03. The van der Waals surface area contributed by atoms with E-state index in [9.17, 15) is 14.3 Å². The molecule has 0 aliphatic carbocycles. The Morgan fingerprint density at radius 1 is 0.562 bits per heavy atom. The second-order valence-electron chi connectivity index (χ2n) is 15.0. The number of rotatable bonds is 38. The van der Waals surface area contributed by atoms with Crippen molar-refractivity contribution >= 4 is 13.8 Å². The van der Waals surface area contributed by atoms with Crippen LogP contribution in [0.25, 0.3) is 0 Å². The van der Waals surface area contributed by atoms with Crippen LogP contribution < -0.4 is 0 Å². The van der Waals surface area contributed by atoms with Crippen LogP contribution in [-0.2, 0) is 27.9 Å². The molecule has 0 aromatic heterocycles. The Bertz CT molecular complexity index is 746. The van der Waals surface area contributed by atoms with Crippen molar-refractivity contribution in [2.75, 3.05) is 54.1 Å².